The summed E-state index contributed by atoms with van der Waals surface area (Å²) in [5.41, 5.74) is 3.75. The number of aromatic nitrogens is 1. The van der Waals surface area contributed by atoms with Crippen molar-refractivity contribution in [2.45, 2.75) is 32.9 Å². The number of halogens is 1. The molecular weight excluding hydrogens is 408 g/mol. The summed E-state index contributed by atoms with van der Waals surface area (Å²) in [5.74, 6) is 0.835. The lowest BCUT2D eigenvalue weighted by atomic mass is 10.1. The van der Waals surface area contributed by atoms with Crippen molar-refractivity contribution < 1.29 is 0 Å². The van der Waals surface area contributed by atoms with Crippen molar-refractivity contribution in [2.75, 3.05) is 46.3 Å². The van der Waals surface area contributed by atoms with Gasteiger partial charge in [0, 0.05) is 38.9 Å². The summed E-state index contributed by atoms with van der Waals surface area (Å²) in [6.45, 7) is 10.1. The predicted octanol–water partition coefficient (Wildman–Crippen LogP) is 3.17. The van der Waals surface area contributed by atoms with Gasteiger partial charge in [-0.05, 0) is 62.7 Å². The van der Waals surface area contributed by atoms with E-state index in [2.05, 4.69) is 63.7 Å². The van der Waals surface area contributed by atoms with E-state index in [0.717, 1.165) is 50.7 Å². The first kappa shape index (κ1) is 23.5. The van der Waals surface area contributed by atoms with Crippen molar-refractivity contribution in [2.24, 2.45) is 4.99 Å². The van der Waals surface area contributed by atoms with Gasteiger partial charge in [-0.3, -0.25) is 4.90 Å². The van der Waals surface area contributed by atoms with Crippen LogP contribution in [0, 0.1) is 0 Å². The van der Waals surface area contributed by atoms with Crippen molar-refractivity contribution in [3.8, 4) is 0 Å². The van der Waals surface area contributed by atoms with Gasteiger partial charge in [0.25, 0.3) is 0 Å². The minimum absolute atomic E-state index is 0.525. The Balaban J connectivity index is 1.47. The van der Waals surface area contributed by atoms with Gasteiger partial charge in [0.1, 0.15) is 5.15 Å². The summed E-state index contributed by atoms with van der Waals surface area (Å²) in [4.78, 5) is 13.8. The van der Waals surface area contributed by atoms with Crippen LogP contribution in [0.2, 0.25) is 5.15 Å². The van der Waals surface area contributed by atoms with Crippen molar-refractivity contribution in [1.29, 1.82) is 0 Å². The second kappa shape index (κ2) is 12.6. The molecule has 0 spiro atoms. The number of rotatable bonds is 8. The lowest BCUT2D eigenvalue weighted by Gasteiger charge is -2.20. The molecule has 1 fully saturated rings. The van der Waals surface area contributed by atoms with Gasteiger partial charge < -0.3 is 15.5 Å². The predicted molar refractivity (Wildman–Crippen MR) is 130 cm³/mol. The largest absolute Gasteiger partial charge is 0.357 e. The average molecular weight is 443 g/mol. The van der Waals surface area contributed by atoms with Crippen LogP contribution in [0.1, 0.15) is 30.0 Å². The Morgan fingerprint density at radius 3 is 2.52 bits per heavy atom. The molecule has 0 saturated carbocycles. The zero-order chi connectivity index (χ0) is 21.9. The van der Waals surface area contributed by atoms with E-state index in [1.54, 1.807) is 0 Å². The molecule has 2 heterocycles. The maximum atomic E-state index is 5.85. The van der Waals surface area contributed by atoms with Gasteiger partial charge in [-0.2, -0.15) is 0 Å². The summed E-state index contributed by atoms with van der Waals surface area (Å²) < 4.78 is 0. The summed E-state index contributed by atoms with van der Waals surface area (Å²) in [5, 5.41) is 7.24. The molecule has 0 amide bonds. The van der Waals surface area contributed by atoms with E-state index in [4.69, 9.17) is 16.6 Å². The smallest absolute Gasteiger partial charge is 0.191 e. The van der Waals surface area contributed by atoms with Crippen molar-refractivity contribution >= 4 is 17.6 Å². The first-order valence-electron chi connectivity index (χ1n) is 11.2. The van der Waals surface area contributed by atoms with Gasteiger partial charge >= 0.3 is 0 Å². The first-order valence-corrected chi connectivity index (χ1v) is 11.6. The molecule has 1 aromatic heterocycles. The fraction of sp³-hybridized carbons (Fsp3) is 0.500. The van der Waals surface area contributed by atoms with Crippen molar-refractivity contribution in [1.82, 2.24) is 25.4 Å². The SMILES string of the molecule is CCNC(=NCc1ccc(CN2CCCN(C)CC2)cc1)NCCc1ccc(Cl)nc1. The lowest BCUT2D eigenvalue weighted by Crippen LogP contribution is -2.38. The number of hydrogen-bond acceptors (Lipinski definition) is 4. The van der Waals surface area contributed by atoms with Crippen LogP contribution >= 0.6 is 11.6 Å². The molecule has 2 N–H and O–H groups in total. The molecular formula is C24H35ClN6. The topological polar surface area (TPSA) is 55.8 Å². The van der Waals surface area contributed by atoms with E-state index >= 15 is 0 Å². The molecule has 1 aromatic carbocycles. The van der Waals surface area contributed by atoms with Gasteiger partial charge in [-0.1, -0.05) is 41.9 Å². The van der Waals surface area contributed by atoms with E-state index in [1.165, 1.54) is 30.6 Å². The molecule has 7 heteroatoms. The standard InChI is InChI=1S/C24H35ClN6/c1-3-26-24(27-12-11-21-9-10-23(25)28-17-21)29-18-20-5-7-22(8-6-20)19-31-14-4-13-30(2)15-16-31/h5-10,17H,3-4,11-16,18-19H2,1-2H3,(H2,26,27,29). The molecule has 1 saturated heterocycles. The van der Waals surface area contributed by atoms with Crippen LogP contribution in [-0.4, -0.2) is 67.1 Å². The number of guanidine groups is 1. The normalized spacial score (nSPS) is 16.2. The molecule has 1 aliphatic heterocycles. The van der Waals surface area contributed by atoms with Crippen LogP contribution < -0.4 is 10.6 Å². The zero-order valence-corrected chi connectivity index (χ0v) is 19.5. The highest BCUT2D eigenvalue weighted by Crippen LogP contribution is 2.11. The maximum absolute atomic E-state index is 5.85. The van der Waals surface area contributed by atoms with Crippen LogP contribution in [0.3, 0.4) is 0 Å². The number of nitrogens with zero attached hydrogens (tertiary/aromatic N) is 4. The molecule has 0 aliphatic carbocycles. The van der Waals surface area contributed by atoms with Crippen LogP contribution in [0.25, 0.3) is 0 Å². The number of nitrogens with one attached hydrogen (secondary N) is 2. The van der Waals surface area contributed by atoms with Gasteiger partial charge in [0.05, 0.1) is 6.54 Å². The Kier molecular flexibility index (Phi) is 9.59. The Morgan fingerprint density at radius 2 is 1.77 bits per heavy atom. The Morgan fingerprint density at radius 1 is 1.00 bits per heavy atom. The summed E-state index contributed by atoms with van der Waals surface area (Å²) in [6.07, 6.45) is 3.94. The Hall–Kier alpha value is -2.15. The summed E-state index contributed by atoms with van der Waals surface area (Å²) in [6, 6.07) is 12.7. The van der Waals surface area contributed by atoms with Crippen LogP contribution in [0.15, 0.2) is 47.6 Å². The molecule has 0 radical (unpaired) electrons. The molecule has 1 aliphatic rings. The van der Waals surface area contributed by atoms with E-state index in [-0.39, 0.29) is 0 Å². The number of aliphatic imine (C=N–C) groups is 1. The highest BCUT2D eigenvalue weighted by molar-refractivity contribution is 6.29. The van der Waals surface area contributed by atoms with Crippen LogP contribution in [0.4, 0.5) is 0 Å². The van der Waals surface area contributed by atoms with E-state index in [0.29, 0.717) is 11.7 Å². The van der Waals surface area contributed by atoms with Gasteiger partial charge in [-0.25, -0.2) is 9.98 Å². The maximum Gasteiger partial charge on any atom is 0.191 e. The summed E-state index contributed by atoms with van der Waals surface area (Å²) in [7, 11) is 2.21. The van der Waals surface area contributed by atoms with Crippen LogP contribution in [-0.2, 0) is 19.5 Å². The number of hydrogen-bond donors (Lipinski definition) is 2. The second-order valence-corrected chi connectivity index (χ2v) is 8.50. The first-order chi connectivity index (χ1) is 15.1. The Bertz CT molecular complexity index is 806. The zero-order valence-electron chi connectivity index (χ0n) is 18.8. The highest BCUT2D eigenvalue weighted by Gasteiger charge is 2.12. The van der Waals surface area contributed by atoms with Gasteiger partial charge in [0.2, 0.25) is 0 Å². The van der Waals surface area contributed by atoms with Gasteiger partial charge in [-0.15, -0.1) is 0 Å². The molecule has 0 unspecified atom stereocenters. The molecule has 0 bridgehead atoms. The molecule has 0 atom stereocenters. The second-order valence-electron chi connectivity index (χ2n) is 8.11. The molecule has 31 heavy (non-hydrogen) atoms. The van der Waals surface area contributed by atoms with Crippen molar-refractivity contribution in [3.63, 3.8) is 0 Å². The monoisotopic (exact) mass is 442 g/mol. The summed E-state index contributed by atoms with van der Waals surface area (Å²) >= 11 is 5.85. The number of benzene rings is 1. The van der Waals surface area contributed by atoms with E-state index < -0.39 is 0 Å². The number of pyridine rings is 1. The molecule has 6 nitrogen and oxygen atoms in total. The lowest BCUT2D eigenvalue weighted by molar-refractivity contribution is 0.269. The molecule has 168 valence electrons. The minimum Gasteiger partial charge on any atom is -0.357 e. The van der Waals surface area contributed by atoms with Gasteiger partial charge in [0.15, 0.2) is 5.96 Å². The van der Waals surface area contributed by atoms with E-state index in [9.17, 15) is 0 Å². The minimum atomic E-state index is 0.525. The quantitative estimate of drug-likeness (QED) is 0.373. The van der Waals surface area contributed by atoms with Crippen LogP contribution in [0.5, 0.6) is 0 Å². The van der Waals surface area contributed by atoms with E-state index in [1.807, 2.05) is 18.3 Å². The highest BCUT2D eigenvalue weighted by atomic mass is 35.5. The van der Waals surface area contributed by atoms with Crippen molar-refractivity contribution in [3.05, 3.63) is 64.4 Å². The number of likely N-dealkylation sites (N-methyl/N-ethyl adjacent to an activating group) is 1. The molecule has 2 aromatic rings. The third-order valence-electron chi connectivity index (χ3n) is 5.50. The molecule has 3 rings (SSSR count). The third kappa shape index (κ3) is 8.48. The third-order valence-corrected chi connectivity index (χ3v) is 5.72. The Labute approximate surface area is 191 Å². The fourth-order valence-corrected chi connectivity index (χ4v) is 3.77. The average Bonchev–Trinajstić information content (AvgIpc) is 2.98. The fourth-order valence-electron chi connectivity index (χ4n) is 3.66.